The Morgan fingerprint density at radius 2 is 1.40 bits per heavy atom. The fourth-order valence-electron chi connectivity index (χ4n) is 3.26. The van der Waals surface area contributed by atoms with Gasteiger partial charge in [0.25, 0.3) is 5.91 Å². The molecule has 0 saturated carbocycles. The quantitative estimate of drug-likeness (QED) is 0.361. The molecule has 3 amide bonds. The standard InChI is InChI=1S/C28H32N4O3/c1-19(20-10-6-5-7-11-20)30-26(34)21-12-8-14-23(16-21)31-25(33)18-29-22-13-9-15-24(17-22)32-27(35)28(2,3)4/h5-17,19,29H,18H2,1-4H3,(H,30,34)(H,31,33)(H,32,35). The number of hydrogen-bond acceptors (Lipinski definition) is 4. The van der Waals surface area contributed by atoms with Gasteiger partial charge in [-0.3, -0.25) is 14.4 Å². The van der Waals surface area contributed by atoms with Crippen molar-refractivity contribution in [2.45, 2.75) is 33.7 Å². The van der Waals surface area contributed by atoms with Crippen LogP contribution in [0.4, 0.5) is 17.1 Å². The van der Waals surface area contributed by atoms with Crippen LogP contribution >= 0.6 is 0 Å². The number of hydrogen-bond donors (Lipinski definition) is 4. The number of nitrogens with one attached hydrogen (secondary N) is 4. The number of carbonyl (C=O) groups excluding carboxylic acids is 3. The number of anilines is 3. The largest absolute Gasteiger partial charge is 0.376 e. The molecule has 3 aromatic carbocycles. The zero-order valence-electron chi connectivity index (χ0n) is 20.5. The molecule has 182 valence electrons. The lowest BCUT2D eigenvalue weighted by atomic mass is 9.95. The van der Waals surface area contributed by atoms with Gasteiger partial charge in [-0.05, 0) is 48.9 Å². The molecule has 3 rings (SSSR count). The highest BCUT2D eigenvalue weighted by molar-refractivity contribution is 5.98. The first-order valence-corrected chi connectivity index (χ1v) is 11.5. The van der Waals surface area contributed by atoms with Gasteiger partial charge in [0.2, 0.25) is 11.8 Å². The average Bonchev–Trinajstić information content (AvgIpc) is 2.83. The van der Waals surface area contributed by atoms with E-state index in [-0.39, 0.29) is 30.3 Å². The van der Waals surface area contributed by atoms with Crippen LogP contribution in [-0.2, 0) is 9.59 Å². The second kappa shape index (κ2) is 11.3. The van der Waals surface area contributed by atoms with Gasteiger partial charge >= 0.3 is 0 Å². The van der Waals surface area contributed by atoms with Gasteiger partial charge in [0, 0.05) is 28.0 Å². The van der Waals surface area contributed by atoms with Gasteiger partial charge in [-0.2, -0.15) is 0 Å². The SMILES string of the molecule is CC(NC(=O)c1cccc(NC(=O)CNc2cccc(NC(=O)C(C)(C)C)c2)c1)c1ccccc1. The van der Waals surface area contributed by atoms with Gasteiger partial charge in [-0.25, -0.2) is 0 Å². The van der Waals surface area contributed by atoms with Crippen LogP contribution in [0.15, 0.2) is 78.9 Å². The first kappa shape index (κ1) is 25.5. The molecule has 0 radical (unpaired) electrons. The Morgan fingerprint density at radius 1 is 0.771 bits per heavy atom. The first-order chi connectivity index (χ1) is 16.6. The number of amides is 3. The Hall–Kier alpha value is -4.13. The molecule has 0 aliphatic carbocycles. The molecule has 0 aliphatic rings. The van der Waals surface area contributed by atoms with Crippen LogP contribution in [0.25, 0.3) is 0 Å². The smallest absolute Gasteiger partial charge is 0.251 e. The van der Waals surface area contributed by atoms with Gasteiger partial charge in [-0.1, -0.05) is 63.2 Å². The Labute approximate surface area is 206 Å². The second-order valence-corrected chi connectivity index (χ2v) is 9.37. The molecule has 35 heavy (non-hydrogen) atoms. The molecule has 0 aliphatic heterocycles. The monoisotopic (exact) mass is 472 g/mol. The summed E-state index contributed by atoms with van der Waals surface area (Å²) in [4.78, 5) is 37.4. The van der Waals surface area contributed by atoms with Crippen LogP contribution in [-0.4, -0.2) is 24.3 Å². The lowest BCUT2D eigenvalue weighted by Crippen LogP contribution is -2.27. The van der Waals surface area contributed by atoms with E-state index >= 15 is 0 Å². The highest BCUT2D eigenvalue weighted by Crippen LogP contribution is 2.20. The van der Waals surface area contributed by atoms with E-state index < -0.39 is 5.41 Å². The van der Waals surface area contributed by atoms with Crippen LogP contribution in [0.5, 0.6) is 0 Å². The van der Waals surface area contributed by atoms with E-state index in [2.05, 4.69) is 21.3 Å². The van der Waals surface area contributed by atoms with Crippen molar-refractivity contribution in [1.82, 2.24) is 5.32 Å². The molecule has 1 unspecified atom stereocenters. The van der Waals surface area contributed by atoms with E-state index in [1.165, 1.54) is 0 Å². The molecule has 7 heteroatoms. The van der Waals surface area contributed by atoms with Crippen LogP contribution in [0, 0.1) is 5.41 Å². The Bertz CT molecular complexity index is 1190. The highest BCUT2D eigenvalue weighted by atomic mass is 16.2. The van der Waals surface area contributed by atoms with Crippen molar-refractivity contribution in [1.29, 1.82) is 0 Å². The normalized spacial score (nSPS) is 11.8. The minimum absolute atomic E-state index is 0.0259. The minimum atomic E-state index is -0.506. The number of benzene rings is 3. The fraction of sp³-hybridized carbons (Fsp3) is 0.250. The van der Waals surface area contributed by atoms with E-state index in [4.69, 9.17) is 0 Å². The van der Waals surface area contributed by atoms with Crippen molar-refractivity contribution in [3.05, 3.63) is 90.0 Å². The van der Waals surface area contributed by atoms with Crippen molar-refractivity contribution >= 4 is 34.8 Å². The van der Waals surface area contributed by atoms with E-state index in [1.54, 1.807) is 42.5 Å². The molecule has 0 aromatic heterocycles. The lowest BCUT2D eigenvalue weighted by Gasteiger charge is -2.18. The number of carbonyl (C=O) groups is 3. The predicted molar refractivity (Wildman–Crippen MR) is 140 cm³/mol. The molecular weight excluding hydrogens is 440 g/mol. The Kier molecular flexibility index (Phi) is 8.25. The summed E-state index contributed by atoms with van der Waals surface area (Å²) >= 11 is 0. The topological polar surface area (TPSA) is 99.3 Å². The molecule has 0 bridgehead atoms. The molecule has 7 nitrogen and oxygen atoms in total. The first-order valence-electron chi connectivity index (χ1n) is 11.5. The summed E-state index contributed by atoms with van der Waals surface area (Å²) < 4.78 is 0. The summed E-state index contributed by atoms with van der Waals surface area (Å²) in [6.45, 7) is 7.48. The summed E-state index contributed by atoms with van der Waals surface area (Å²) in [5.41, 5.74) is 2.85. The maximum Gasteiger partial charge on any atom is 0.251 e. The molecule has 0 fully saturated rings. The minimum Gasteiger partial charge on any atom is -0.376 e. The Morgan fingerprint density at radius 3 is 2.09 bits per heavy atom. The summed E-state index contributed by atoms with van der Waals surface area (Å²) in [6, 6.07) is 23.6. The molecule has 4 N–H and O–H groups in total. The maximum atomic E-state index is 12.7. The molecule has 0 heterocycles. The van der Waals surface area contributed by atoms with E-state index in [0.717, 1.165) is 5.56 Å². The zero-order valence-corrected chi connectivity index (χ0v) is 20.5. The second-order valence-electron chi connectivity index (χ2n) is 9.37. The van der Waals surface area contributed by atoms with Crippen molar-refractivity contribution in [3.63, 3.8) is 0 Å². The van der Waals surface area contributed by atoms with Crippen LogP contribution in [0.1, 0.15) is 49.7 Å². The summed E-state index contributed by atoms with van der Waals surface area (Å²) in [6.07, 6.45) is 0. The van der Waals surface area contributed by atoms with Crippen molar-refractivity contribution < 1.29 is 14.4 Å². The van der Waals surface area contributed by atoms with Gasteiger partial charge in [0.05, 0.1) is 12.6 Å². The molecular formula is C28H32N4O3. The molecule has 1 atom stereocenters. The van der Waals surface area contributed by atoms with Gasteiger partial charge < -0.3 is 21.3 Å². The van der Waals surface area contributed by atoms with Crippen LogP contribution in [0.2, 0.25) is 0 Å². The third-order valence-electron chi connectivity index (χ3n) is 5.31. The Balaban J connectivity index is 1.54. The number of rotatable bonds is 8. The molecule has 3 aromatic rings. The van der Waals surface area contributed by atoms with Crippen molar-refractivity contribution in [2.24, 2.45) is 5.41 Å². The maximum absolute atomic E-state index is 12.7. The zero-order chi connectivity index (χ0) is 25.4. The van der Waals surface area contributed by atoms with E-state index in [1.807, 2.05) is 64.1 Å². The van der Waals surface area contributed by atoms with Gasteiger partial charge in [-0.15, -0.1) is 0 Å². The van der Waals surface area contributed by atoms with Gasteiger partial charge in [0.1, 0.15) is 0 Å². The van der Waals surface area contributed by atoms with Crippen LogP contribution in [0.3, 0.4) is 0 Å². The van der Waals surface area contributed by atoms with Crippen LogP contribution < -0.4 is 21.3 Å². The molecule has 0 spiro atoms. The van der Waals surface area contributed by atoms with E-state index in [0.29, 0.717) is 22.6 Å². The highest BCUT2D eigenvalue weighted by Gasteiger charge is 2.21. The lowest BCUT2D eigenvalue weighted by molar-refractivity contribution is -0.123. The summed E-state index contributed by atoms with van der Waals surface area (Å²) in [5, 5.41) is 11.7. The predicted octanol–water partition coefficient (Wildman–Crippen LogP) is 5.21. The fourth-order valence-corrected chi connectivity index (χ4v) is 3.26. The average molecular weight is 473 g/mol. The van der Waals surface area contributed by atoms with Gasteiger partial charge in [0.15, 0.2) is 0 Å². The van der Waals surface area contributed by atoms with Crippen molar-refractivity contribution in [2.75, 3.05) is 22.5 Å². The van der Waals surface area contributed by atoms with E-state index in [9.17, 15) is 14.4 Å². The third kappa shape index (κ3) is 7.71. The summed E-state index contributed by atoms with van der Waals surface area (Å²) in [7, 11) is 0. The molecule has 0 saturated heterocycles. The van der Waals surface area contributed by atoms with Crippen molar-refractivity contribution in [3.8, 4) is 0 Å². The third-order valence-corrected chi connectivity index (χ3v) is 5.31. The summed E-state index contributed by atoms with van der Waals surface area (Å²) in [5.74, 6) is -0.566.